The van der Waals surface area contributed by atoms with Gasteiger partial charge in [-0.25, -0.2) is 0 Å². The molecule has 0 aliphatic carbocycles. The lowest BCUT2D eigenvalue weighted by Gasteiger charge is -2.15. The van der Waals surface area contributed by atoms with Gasteiger partial charge in [-0.15, -0.1) is 0 Å². The van der Waals surface area contributed by atoms with E-state index < -0.39 is 0 Å². The van der Waals surface area contributed by atoms with Gasteiger partial charge in [0.25, 0.3) is 0 Å². The fourth-order valence-electron chi connectivity index (χ4n) is 1.88. The zero-order valence-electron chi connectivity index (χ0n) is 10.5. The van der Waals surface area contributed by atoms with E-state index in [2.05, 4.69) is 5.32 Å². The normalized spacial score (nSPS) is 12.0. The van der Waals surface area contributed by atoms with Crippen molar-refractivity contribution < 1.29 is 9.52 Å². The second kappa shape index (κ2) is 6.74. The highest BCUT2D eigenvalue weighted by molar-refractivity contribution is 5.19. The summed E-state index contributed by atoms with van der Waals surface area (Å²) in [6.07, 6.45) is 0.753. The summed E-state index contributed by atoms with van der Waals surface area (Å²) in [5, 5.41) is 21.3. The van der Waals surface area contributed by atoms with Gasteiger partial charge in [0.05, 0.1) is 13.2 Å². The molecule has 0 fully saturated rings. The third-order valence-corrected chi connectivity index (χ3v) is 2.88. The minimum Gasteiger partial charge on any atom is -0.449 e. The van der Waals surface area contributed by atoms with Crippen molar-refractivity contribution >= 4 is 0 Å². The Morgan fingerprint density at radius 2 is 2.00 bits per heavy atom. The van der Waals surface area contributed by atoms with E-state index in [1.807, 2.05) is 36.4 Å². The van der Waals surface area contributed by atoms with E-state index in [1.165, 1.54) is 5.56 Å². The molecule has 1 aromatic carbocycles. The van der Waals surface area contributed by atoms with Crippen LogP contribution in [0.2, 0.25) is 0 Å². The Hall–Kier alpha value is -2.09. The van der Waals surface area contributed by atoms with Crippen LogP contribution in [0.25, 0.3) is 0 Å². The summed E-state index contributed by atoms with van der Waals surface area (Å²) < 4.78 is 5.27. The molecule has 1 aromatic heterocycles. The zero-order chi connectivity index (χ0) is 13.5. The molecule has 0 unspecified atom stereocenters. The number of hydrogen-bond donors (Lipinski definition) is 2. The molecule has 19 heavy (non-hydrogen) atoms. The molecule has 0 aliphatic heterocycles. The van der Waals surface area contributed by atoms with Crippen molar-refractivity contribution in [3.8, 4) is 6.07 Å². The SMILES string of the molecule is N#Cc1ccc(CN[C@H](CO)Cc2ccccc2)o1. The quantitative estimate of drug-likeness (QED) is 0.827. The molecule has 1 atom stereocenters. The van der Waals surface area contributed by atoms with E-state index in [4.69, 9.17) is 9.68 Å². The van der Waals surface area contributed by atoms with E-state index in [-0.39, 0.29) is 12.6 Å². The Balaban J connectivity index is 1.87. The summed E-state index contributed by atoms with van der Waals surface area (Å²) in [4.78, 5) is 0. The smallest absolute Gasteiger partial charge is 0.203 e. The van der Waals surface area contributed by atoms with Crippen molar-refractivity contribution in [2.45, 2.75) is 19.0 Å². The van der Waals surface area contributed by atoms with Crippen molar-refractivity contribution in [3.05, 3.63) is 59.5 Å². The number of aliphatic hydroxyl groups excluding tert-OH is 1. The van der Waals surface area contributed by atoms with Crippen LogP contribution in [-0.2, 0) is 13.0 Å². The molecule has 0 spiro atoms. The minimum atomic E-state index is -0.0296. The number of nitrogens with one attached hydrogen (secondary N) is 1. The molecule has 2 aromatic rings. The predicted octanol–water partition coefficient (Wildman–Crippen LogP) is 1.84. The predicted molar refractivity (Wildman–Crippen MR) is 71.3 cm³/mol. The minimum absolute atomic E-state index is 0.0296. The Kier molecular flexibility index (Phi) is 4.73. The van der Waals surface area contributed by atoms with Gasteiger partial charge in [0.15, 0.2) is 0 Å². The fraction of sp³-hybridized carbons (Fsp3) is 0.267. The Labute approximate surface area is 112 Å². The maximum absolute atomic E-state index is 9.37. The monoisotopic (exact) mass is 256 g/mol. The van der Waals surface area contributed by atoms with Crippen LogP contribution < -0.4 is 5.32 Å². The molecule has 0 amide bonds. The Morgan fingerprint density at radius 3 is 2.63 bits per heavy atom. The molecule has 0 bridgehead atoms. The molecule has 2 N–H and O–H groups in total. The lowest BCUT2D eigenvalue weighted by Crippen LogP contribution is -2.33. The van der Waals surface area contributed by atoms with Gasteiger partial charge in [-0.05, 0) is 24.1 Å². The van der Waals surface area contributed by atoms with Crippen LogP contribution in [0, 0.1) is 11.3 Å². The van der Waals surface area contributed by atoms with Gasteiger partial charge in [-0.2, -0.15) is 5.26 Å². The summed E-state index contributed by atoms with van der Waals surface area (Å²) in [6, 6.07) is 15.3. The number of nitrogens with zero attached hydrogens (tertiary/aromatic N) is 1. The first-order valence-electron chi connectivity index (χ1n) is 6.19. The number of furan rings is 1. The average molecular weight is 256 g/mol. The number of aliphatic hydroxyl groups is 1. The molecule has 98 valence electrons. The zero-order valence-corrected chi connectivity index (χ0v) is 10.5. The molecule has 1 heterocycles. The fourth-order valence-corrected chi connectivity index (χ4v) is 1.88. The average Bonchev–Trinajstić information content (AvgIpc) is 2.92. The van der Waals surface area contributed by atoms with Crippen molar-refractivity contribution in [1.82, 2.24) is 5.32 Å². The molecule has 4 heteroatoms. The van der Waals surface area contributed by atoms with Gasteiger partial charge in [0.1, 0.15) is 11.8 Å². The highest BCUT2D eigenvalue weighted by Gasteiger charge is 2.09. The molecule has 0 saturated carbocycles. The first kappa shape index (κ1) is 13.3. The van der Waals surface area contributed by atoms with Crippen molar-refractivity contribution in [2.75, 3.05) is 6.61 Å². The summed E-state index contributed by atoms with van der Waals surface area (Å²) in [5.74, 6) is 1.00. The van der Waals surface area contributed by atoms with Crippen LogP contribution in [-0.4, -0.2) is 17.8 Å². The molecular formula is C15H16N2O2. The van der Waals surface area contributed by atoms with Gasteiger partial charge >= 0.3 is 0 Å². The summed E-state index contributed by atoms with van der Waals surface area (Å²) in [6.45, 7) is 0.556. The number of nitriles is 1. The summed E-state index contributed by atoms with van der Waals surface area (Å²) >= 11 is 0. The third-order valence-electron chi connectivity index (χ3n) is 2.88. The first-order chi connectivity index (χ1) is 9.31. The second-order valence-electron chi connectivity index (χ2n) is 4.33. The van der Waals surface area contributed by atoms with Gasteiger partial charge in [-0.3, -0.25) is 0 Å². The molecule has 2 rings (SSSR count). The van der Waals surface area contributed by atoms with Crippen LogP contribution in [0.1, 0.15) is 17.1 Å². The van der Waals surface area contributed by atoms with Gasteiger partial charge in [0.2, 0.25) is 5.76 Å². The number of hydrogen-bond acceptors (Lipinski definition) is 4. The summed E-state index contributed by atoms with van der Waals surface area (Å²) in [7, 11) is 0. The van der Waals surface area contributed by atoms with Crippen LogP contribution in [0.3, 0.4) is 0 Å². The lowest BCUT2D eigenvalue weighted by atomic mass is 10.1. The van der Waals surface area contributed by atoms with E-state index in [0.29, 0.717) is 18.1 Å². The van der Waals surface area contributed by atoms with Gasteiger partial charge in [-0.1, -0.05) is 30.3 Å². The van der Waals surface area contributed by atoms with E-state index in [1.54, 1.807) is 12.1 Å². The van der Waals surface area contributed by atoms with Crippen LogP contribution >= 0.6 is 0 Å². The van der Waals surface area contributed by atoms with E-state index in [0.717, 1.165) is 6.42 Å². The van der Waals surface area contributed by atoms with E-state index in [9.17, 15) is 5.11 Å². The van der Waals surface area contributed by atoms with Crippen molar-refractivity contribution in [1.29, 1.82) is 5.26 Å². The molecule has 0 radical (unpaired) electrons. The third kappa shape index (κ3) is 3.95. The molecule has 4 nitrogen and oxygen atoms in total. The van der Waals surface area contributed by atoms with Crippen LogP contribution in [0.15, 0.2) is 46.9 Å². The number of rotatable bonds is 6. The topological polar surface area (TPSA) is 69.2 Å². The second-order valence-corrected chi connectivity index (χ2v) is 4.33. The largest absolute Gasteiger partial charge is 0.449 e. The molecular weight excluding hydrogens is 240 g/mol. The Bertz CT molecular complexity index is 543. The van der Waals surface area contributed by atoms with Crippen molar-refractivity contribution in [3.63, 3.8) is 0 Å². The highest BCUT2D eigenvalue weighted by Crippen LogP contribution is 2.08. The van der Waals surface area contributed by atoms with Crippen LogP contribution in [0.5, 0.6) is 0 Å². The van der Waals surface area contributed by atoms with E-state index >= 15 is 0 Å². The standard InChI is InChI=1S/C15H16N2O2/c16-9-14-6-7-15(19-14)10-17-13(11-18)8-12-4-2-1-3-5-12/h1-7,13,17-18H,8,10-11H2/t13-/m0/s1. The maximum Gasteiger partial charge on any atom is 0.203 e. The van der Waals surface area contributed by atoms with Gasteiger partial charge in [0, 0.05) is 6.04 Å². The highest BCUT2D eigenvalue weighted by atomic mass is 16.3. The molecule has 0 saturated heterocycles. The molecule has 0 aliphatic rings. The van der Waals surface area contributed by atoms with Gasteiger partial charge < -0.3 is 14.8 Å². The van der Waals surface area contributed by atoms with Crippen LogP contribution in [0.4, 0.5) is 0 Å². The lowest BCUT2D eigenvalue weighted by molar-refractivity contribution is 0.238. The summed E-state index contributed by atoms with van der Waals surface area (Å²) in [5.41, 5.74) is 1.17. The van der Waals surface area contributed by atoms with Crippen molar-refractivity contribution in [2.24, 2.45) is 0 Å². The maximum atomic E-state index is 9.37. The number of benzene rings is 1. The Morgan fingerprint density at radius 1 is 1.21 bits per heavy atom. The first-order valence-corrected chi connectivity index (χ1v) is 6.19.